The second-order valence-corrected chi connectivity index (χ2v) is 4.45. The van der Waals surface area contributed by atoms with Crippen molar-refractivity contribution in [1.82, 2.24) is 4.98 Å². The minimum atomic E-state index is -0.344. The van der Waals surface area contributed by atoms with Gasteiger partial charge in [-0.3, -0.25) is 0 Å². The lowest BCUT2D eigenvalue weighted by Crippen LogP contribution is -2.05. The quantitative estimate of drug-likeness (QED) is 0.780. The fourth-order valence-electron chi connectivity index (χ4n) is 1.46. The Labute approximate surface area is 104 Å². The van der Waals surface area contributed by atoms with E-state index in [1.807, 2.05) is 30.3 Å². The first-order chi connectivity index (χ1) is 8.29. The zero-order valence-corrected chi connectivity index (χ0v) is 10.4. The van der Waals surface area contributed by atoms with E-state index in [1.54, 1.807) is 12.3 Å². The lowest BCUT2D eigenvalue weighted by Gasteiger charge is -1.97. The van der Waals surface area contributed by atoms with Crippen LogP contribution in [0.4, 0.5) is 0 Å². The first kappa shape index (κ1) is 11.8. The minimum absolute atomic E-state index is 0.344. The average molecular weight is 247 g/mol. The number of carbonyl (C=O) groups excluding carboxylic acids is 1. The van der Waals surface area contributed by atoms with E-state index < -0.39 is 0 Å². The van der Waals surface area contributed by atoms with Gasteiger partial charge in [-0.1, -0.05) is 30.3 Å². The Morgan fingerprint density at radius 1 is 1.35 bits per heavy atom. The molecule has 0 aliphatic carbocycles. The van der Waals surface area contributed by atoms with Crippen molar-refractivity contribution < 1.29 is 9.53 Å². The molecule has 0 saturated heterocycles. The number of aromatic nitrogens is 1. The first-order valence-electron chi connectivity index (χ1n) is 5.45. The Hall–Kier alpha value is -1.68. The molecule has 0 fully saturated rings. The van der Waals surface area contributed by atoms with Crippen LogP contribution in [0.3, 0.4) is 0 Å². The van der Waals surface area contributed by atoms with Crippen LogP contribution < -0.4 is 0 Å². The number of nitrogens with zero attached hydrogens (tertiary/aromatic N) is 1. The van der Waals surface area contributed by atoms with Gasteiger partial charge in [0.15, 0.2) is 5.69 Å². The zero-order chi connectivity index (χ0) is 12.1. The topological polar surface area (TPSA) is 39.2 Å². The van der Waals surface area contributed by atoms with Crippen LogP contribution in [0.15, 0.2) is 35.7 Å². The summed E-state index contributed by atoms with van der Waals surface area (Å²) in [5.41, 5.74) is 1.60. The molecule has 1 aromatic heterocycles. The van der Waals surface area contributed by atoms with Crippen LogP contribution in [0.1, 0.15) is 28.0 Å². The molecule has 1 heterocycles. The standard InChI is InChI=1S/C13H13NO2S/c1-2-16-13(15)11-9-17-12(14-11)8-10-6-4-3-5-7-10/h3-7,9H,2,8H2,1H3. The number of carbonyl (C=O) groups is 1. The number of ether oxygens (including phenoxy) is 1. The maximum atomic E-state index is 11.4. The highest BCUT2D eigenvalue weighted by Gasteiger charge is 2.11. The number of rotatable bonds is 4. The van der Waals surface area contributed by atoms with Crippen LogP contribution in [0, 0.1) is 0 Å². The normalized spacial score (nSPS) is 10.2. The van der Waals surface area contributed by atoms with E-state index in [0.717, 1.165) is 11.4 Å². The summed E-state index contributed by atoms with van der Waals surface area (Å²) in [5.74, 6) is -0.344. The summed E-state index contributed by atoms with van der Waals surface area (Å²) in [4.78, 5) is 15.7. The molecule has 0 spiro atoms. The monoisotopic (exact) mass is 247 g/mol. The summed E-state index contributed by atoms with van der Waals surface area (Å²) in [7, 11) is 0. The lowest BCUT2D eigenvalue weighted by molar-refractivity contribution is 0.0520. The largest absolute Gasteiger partial charge is 0.461 e. The van der Waals surface area contributed by atoms with Crippen molar-refractivity contribution in [1.29, 1.82) is 0 Å². The predicted molar refractivity (Wildman–Crippen MR) is 67.3 cm³/mol. The molecule has 2 rings (SSSR count). The molecule has 0 amide bonds. The van der Waals surface area contributed by atoms with Gasteiger partial charge in [-0.15, -0.1) is 11.3 Å². The number of benzene rings is 1. The lowest BCUT2D eigenvalue weighted by atomic mass is 10.2. The molecule has 1 aromatic carbocycles. The Balaban J connectivity index is 2.06. The molecule has 0 radical (unpaired) electrons. The zero-order valence-electron chi connectivity index (χ0n) is 9.55. The number of esters is 1. The SMILES string of the molecule is CCOC(=O)c1csc(Cc2ccccc2)n1. The van der Waals surface area contributed by atoms with Gasteiger partial charge in [0.25, 0.3) is 0 Å². The van der Waals surface area contributed by atoms with Crippen LogP contribution in [0.2, 0.25) is 0 Å². The van der Waals surface area contributed by atoms with Crippen molar-refractivity contribution in [2.45, 2.75) is 13.3 Å². The van der Waals surface area contributed by atoms with Gasteiger partial charge < -0.3 is 4.74 Å². The van der Waals surface area contributed by atoms with E-state index >= 15 is 0 Å². The van der Waals surface area contributed by atoms with Gasteiger partial charge in [0.05, 0.1) is 11.6 Å². The van der Waals surface area contributed by atoms with Gasteiger partial charge in [0.1, 0.15) is 0 Å². The highest BCUT2D eigenvalue weighted by atomic mass is 32.1. The van der Waals surface area contributed by atoms with Crippen LogP contribution in [0.25, 0.3) is 0 Å². The molecule has 3 nitrogen and oxygen atoms in total. The van der Waals surface area contributed by atoms with Gasteiger partial charge in [-0.25, -0.2) is 9.78 Å². The average Bonchev–Trinajstić information content (AvgIpc) is 2.79. The summed E-state index contributed by atoms with van der Waals surface area (Å²) >= 11 is 1.49. The Morgan fingerprint density at radius 3 is 2.82 bits per heavy atom. The molecule has 4 heteroatoms. The third-order valence-electron chi connectivity index (χ3n) is 2.23. The molecule has 0 aliphatic heterocycles. The van der Waals surface area contributed by atoms with Gasteiger partial charge in [0, 0.05) is 11.8 Å². The van der Waals surface area contributed by atoms with Crippen molar-refractivity contribution in [3.63, 3.8) is 0 Å². The molecule has 0 aliphatic rings. The molecule has 0 N–H and O–H groups in total. The summed E-state index contributed by atoms with van der Waals surface area (Å²) in [6.07, 6.45) is 0.755. The van der Waals surface area contributed by atoms with Gasteiger partial charge in [-0.2, -0.15) is 0 Å². The third-order valence-corrected chi connectivity index (χ3v) is 3.08. The van der Waals surface area contributed by atoms with Gasteiger partial charge in [0.2, 0.25) is 0 Å². The van der Waals surface area contributed by atoms with Crippen molar-refractivity contribution in [3.05, 3.63) is 52.0 Å². The molecular weight excluding hydrogens is 234 g/mol. The highest BCUT2D eigenvalue weighted by molar-refractivity contribution is 7.09. The van der Waals surface area contributed by atoms with Crippen molar-refractivity contribution >= 4 is 17.3 Å². The van der Waals surface area contributed by atoms with Gasteiger partial charge in [-0.05, 0) is 12.5 Å². The molecule has 0 saturated carbocycles. The highest BCUT2D eigenvalue weighted by Crippen LogP contribution is 2.15. The van der Waals surface area contributed by atoms with E-state index in [1.165, 1.54) is 16.9 Å². The third kappa shape index (κ3) is 3.14. The smallest absolute Gasteiger partial charge is 0.357 e. The second kappa shape index (κ2) is 5.59. The van der Waals surface area contributed by atoms with E-state index in [-0.39, 0.29) is 5.97 Å². The van der Waals surface area contributed by atoms with Crippen LogP contribution in [-0.2, 0) is 11.2 Å². The number of thiazole rings is 1. The number of hydrogen-bond donors (Lipinski definition) is 0. The van der Waals surface area contributed by atoms with Gasteiger partial charge >= 0.3 is 5.97 Å². The van der Waals surface area contributed by atoms with Crippen molar-refractivity contribution in [2.75, 3.05) is 6.61 Å². The Kier molecular flexibility index (Phi) is 3.88. The Morgan fingerprint density at radius 2 is 2.12 bits per heavy atom. The maximum Gasteiger partial charge on any atom is 0.357 e. The molecule has 0 bridgehead atoms. The first-order valence-corrected chi connectivity index (χ1v) is 6.33. The molecule has 17 heavy (non-hydrogen) atoms. The van der Waals surface area contributed by atoms with E-state index in [9.17, 15) is 4.79 Å². The van der Waals surface area contributed by atoms with Crippen LogP contribution >= 0.6 is 11.3 Å². The van der Waals surface area contributed by atoms with Crippen LogP contribution in [0.5, 0.6) is 0 Å². The molecule has 0 unspecified atom stereocenters. The predicted octanol–water partition coefficient (Wildman–Crippen LogP) is 2.91. The van der Waals surface area contributed by atoms with Crippen molar-refractivity contribution in [2.24, 2.45) is 0 Å². The van der Waals surface area contributed by atoms with E-state index in [4.69, 9.17) is 4.74 Å². The van der Waals surface area contributed by atoms with E-state index in [0.29, 0.717) is 12.3 Å². The van der Waals surface area contributed by atoms with Crippen molar-refractivity contribution in [3.8, 4) is 0 Å². The fraction of sp³-hybridized carbons (Fsp3) is 0.231. The molecular formula is C13H13NO2S. The summed E-state index contributed by atoms with van der Waals surface area (Å²) in [6.45, 7) is 2.17. The second-order valence-electron chi connectivity index (χ2n) is 3.51. The molecule has 2 aromatic rings. The summed E-state index contributed by atoms with van der Waals surface area (Å²) < 4.78 is 4.90. The minimum Gasteiger partial charge on any atom is -0.461 e. The Bertz CT molecular complexity index is 493. The van der Waals surface area contributed by atoms with Crippen LogP contribution in [-0.4, -0.2) is 17.6 Å². The van der Waals surface area contributed by atoms with E-state index in [2.05, 4.69) is 4.98 Å². The molecule has 0 atom stereocenters. The fourth-order valence-corrected chi connectivity index (χ4v) is 2.26. The molecule has 88 valence electrons. The summed E-state index contributed by atoms with van der Waals surface area (Å²) in [5, 5.41) is 2.68. The maximum absolute atomic E-state index is 11.4. The summed E-state index contributed by atoms with van der Waals surface area (Å²) in [6, 6.07) is 10.1. The number of hydrogen-bond acceptors (Lipinski definition) is 4.